The van der Waals surface area contributed by atoms with E-state index in [1.165, 1.54) is 24.4 Å². The van der Waals surface area contributed by atoms with Gasteiger partial charge in [0.05, 0.1) is 16.8 Å². The van der Waals surface area contributed by atoms with E-state index >= 15 is 0 Å². The van der Waals surface area contributed by atoms with E-state index in [-0.39, 0.29) is 28.3 Å². The second-order valence-corrected chi connectivity index (χ2v) is 9.71. The number of aromatic nitrogens is 4. The van der Waals surface area contributed by atoms with E-state index in [1.54, 1.807) is 18.4 Å². The molecule has 0 fully saturated rings. The van der Waals surface area contributed by atoms with Crippen LogP contribution in [0.15, 0.2) is 35.5 Å². The number of halogens is 4. The maximum atomic E-state index is 13.7. The molecule has 3 aromatic rings. The number of benzene rings is 1. The van der Waals surface area contributed by atoms with Crippen molar-refractivity contribution in [2.24, 2.45) is 0 Å². The molecule has 0 spiro atoms. The van der Waals surface area contributed by atoms with Gasteiger partial charge in [0.15, 0.2) is 0 Å². The van der Waals surface area contributed by atoms with Crippen LogP contribution in [-0.4, -0.2) is 27.9 Å². The Morgan fingerprint density at radius 2 is 1.81 bits per heavy atom. The molecular weight excluding hydrogens is 455 g/mol. The fourth-order valence-corrected chi connectivity index (χ4v) is 4.01. The summed E-state index contributed by atoms with van der Waals surface area (Å²) in [6.45, 7) is 6.99. The molecule has 2 heterocycles. The number of aryl methyl sites for hydroxylation is 2. The van der Waals surface area contributed by atoms with Gasteiger partial charge in [0.1, 0.15) is 17.1 Å². The summed E-state index contributed by atoms with van der Waals surface area (Å²) in [4.78, 5) is 12.0. The largest absolute Gasteiger partial charge is 0.420 e. The van der Waals surface area contributed by atoms with Crippen molar-refractivity contribution in [2.45, 2.75) is 44.8 Å². The van der Waals surface area contributed by atoms with E-state index < -0.39 is 20.8 Å². The Balaban J connectivity index is 2.10. The predicted molar refractivity (Wildman–Crippen MR) is 111 cm³/mol. The average molecular weight is 474 g/mol. The van der Waals surface area contributed by atoms with Crippen LogP contribution in [-0.2, 0) is 15.2 Å². The fourth-order valence-electron chi connectivity index (χ4n) is 3.17. The van der Waals surface area contributed by atoms with E-state index in [0.29, 0.717) is 23.3 Å². The molecule has 12 heteroatoms. The van der Waals surface area contributed by atoms with Gasteiger partial charge >= 0.3 is 6.18 Å². The molecule has 0 aliphatic carbocycles. The van der Waals surface area contributed by atoms with Crippen molar-refractivity contribution in [3.8, 4) is 11.4 Å². The molecule has 0 saturated heterocycles. The Labute approximate surface area is 181 Å². The molecule has 0 atom stereocenters. The maximum absolute atomic E-state index is 13.7. The van der Waals surface area contributed by atoms with E-state index in [4.69, 9.17) is 10.7 Å². The first-order valence-electron chi connectivity index (χ1n) is 9.10. The zero-order valence-corrected chi connectivity index (χ0v) is 18.6. The molecule has 3 rings (SSSR count). The van der Waals surface area contributed by atoms with Gasteiger partial charge in [-0.1, -0.05) is 0 Å². The highest BCUT2D eigenvalue weighted by Gasteiger charge is 2.36. The summed E-state index contributed by atoms with van der Waals surface area (Å²) >= 11 is 0. The topological polar surface area (TPSA) is 89.8 Å². The number of hydrogen-bond acceptors (Lipinski definition) is 6. The van der Waals surface area contributed by atoms with E-state index in [9.17, 15) is 21.6 Å². The molecule has 1 aromatic carbocycles. The Morgan fingerprint density at radius 1 is 1.13 bits per heavy atom. The van der Waals surface area contributed by atoms with Crippen LogP contribution in [0.4, 0.5) is 24.8 Å². The van der Waals surface area contributed by atoms with Crippen molar-refractivity contribution in [2.75, 3.05) is 5.32 Å². The Bertz CT molecular complexity index is 1240. The normalized spacial score (nSPS) is 12.4. The SMILES string of the molecule is Cc1cc(S(=O)(=O)Cl)ccc1Nc1ncc(C(F)(F)F)c(-c2cnc(C)n2C(C)C)n1. The van der Waals surface area contributed by atoms with Crippen LogP contribution in [0.1, 0.15) is 36.8 Å². The molecular formula is C19H19ClF3N5O2S. The van der Waals surface area contributed by atoms with Gasteiger partial charge in [0, 0.05) is 28.6 Å². The first-order valence-corrected chi connectivity index (χ1v) is 11.4. The van der Waals surface area contributed by atoms with Crippen molar-refractivity contribution < 1.29 is 21.6 Å². The smallest absolute Gasteiger partial charge is 0.324 e. The molecule has 0 aliphatic rings. The number of nitrogens with zero attached hydrogens (tertiary/aromatic N) is 4. The van der Waals surface area contributed by atoms with Gasteiger partial charge in [-0.2, -0.15) is 13.2 Å². The van der Waals surface area contributed by atoms with Crippen molar-refractivity contribution in [3.05, 3.63) is 47.5 Å². The molecule has 0 radical (unpaired) electrons. The van der Waals surface area contributed by atoms with Crippen molar-refractivity contribution >= 4 is 31.4 Å². The minimum Gasteiger partial charge on any atom is -0.324 e. The van der Waals surface area contributed by atoms with Gasteiger partial charge in [0.25, 0.3) is 9.05 Å². The Kier molecular flexibility index (Phi) is 6.03. The van der Waals surface area contributed by atoms with Crippen LogP contribution in [0.25, 0.3) is 11.4 Å². The lowest BCUT2D eigenvalue weighted by Crippen LogP contribution is -2.14. The van der Waals surface area contributed by atoms with Crippen LogP contribution < -0.4 is 5.32 Å². The molecule has 31 heavy (non-hydrogen) atoms. The summed E-state index contributed by atoms with van der Waals surface area (Å²) in [5, 5.41) is 2.84. The Hall–Kier alpha value is -2.66. The van der Waals surface area contributed by atoms with Gasteiger partial charge in [-0.15, -0.1) is 0 Å². The van der Waals surface area contributed by atoms with Crippen molar-refractivity contribution in [3.63, 3.8) is 0 Å². The highest BCUT2D eigenvalue weighted by atomic mass is 35.7. The summed E-state index contributed by atoms with van der Waals surface area (Å²) in [6.07, 6.45) is -2.60. The molecule has 0 aliphatic heterocycles. The molecule has 0 bridgehead atoms. The van der Waals surface area contributed by atoms with Crippen LogP contribution in [0, 0.1) is 13.8 Å². The zero-order valence-electron chi connectivity index (χ0n) is 17.0. The Morgan fingerprint density at radius 3 is 2.35 bits per heavy atom. The molecule has 0 unspecified atom stereocenters. The highest BCUT2D eigenvalue weighted by molar-refractivity contribution is 8.13. The van der Waals surface area contributed by atoms with Crippen LogP contribution in [0.2, 0.25) is 0 Å². The number of imidazole rings is 1. The third-order valence-corrected chi connectivity index (χ3v) is 5.91. The number of rotatable bonds is 5. The van der Waals surface area contributed by atoms with Gasteiger partial charge in [-0.3, -0.25) is 0 Å². The molecule has 166 valence electrons. The third-order valence-electron chi connectivity index (χ3n) is 4.56. The number of anilines is 2. The van der Waals surface area contributed by atoms with Crippen LogP contribution in [0.3, 0.4) is 0 Å². The number of alkyl halides is 3. The molecule has 7 nitrogen and oxygen atoms in total. The summed E-state index contributed by atoms with van der Waals surface area (Å²) in [5.74, 6) is 0.474. The number of nitrogens with one attached hydrogen (secondary N) is 1. The van der Waals surface area contributed by atoms with Gasteiger partial charge in [0.2, 0.25) is 5.95 Å². The first-order chi connectivity index (χ1) is 14.3. The molecule has 2 aromatic heterocycles. The van der Waals surface area contributed by atoms with Crippen molar-refractivity contribution in [1.29, 1.82) is 0 Å². The third kappa shape index (κ3) is 4.82. The fraction of sp³-hybridized carbons (Fsp3) is 0.316. The summed E-state index contributed by atoms with van der Waals surface area (Å²) in [6, 6.07) is 3.91. The minimum atomic E-state index is -4.67. The van der Waals surface area contributed by atoms with Gasteiger partial charge in [-0.25, -0.2) is 23.4 Å². The maximum Gasteiger partial charge on any atom is 0.420 e. The standard InChI is InChI=1S/C19H19ClF3N5O2S/c1-10(2)28-12(4)24-9-16(28)17-14(19(21,22)23)8-25-18(27-17)26-15-6-5-13(7-11(15)3)31(20,29)30/h5-10H,1-4H3,(H,25,26,27). The van der Waals surface area contributed by atoms with Crippen molar-refractivity contribution in [1.82, 2.24) is 19.5 Å². The van der Waals surface area contributed by atoms with Crippen LogP contribution >= 0.6 is 10.7 Å². The monoisotopic (exact) mass is 473 g/mol. The summed E-state index contributed by atoms with van der Waals surface area (Å²) in [5.41, 5.74) is -0.166. The lowest BCUT2D eigenvalue weighted by molar-refractivity contribution is -0.137. The van der Waals surface area contributed by atoms with E-state index in [1.807, 2.05) is 13.8 Å². The summed E-state index contributed by atoms with van der Waals surface area (Å²) < 4.78 is 65.6. The molecule has 1 N–H and O–H groups in total. The lowest BCUT2D eigenvalue weighted by atomic mass is 10.1. The van der Waals surface area contributed by atoms with Gasteiger partial charge in [-0.05, 0) is 51.5 Å². The van der Waals surface area contributed by atoms with Gasteiger partial charge < -0.3 is 9.88 Å². The number of hydrogen-bond donors (Lipinski definition) is 1. The average Bonchev–Trinajstić information content (AvgIpc) is 3.03. The quantitative estimate of drug-likeness (QED) is 0.510. The second kappa shape index (κ2) is 8.12. The predicted octanol–water partition coefficient (Wildman–Crippen LogP) is 5.23. The molecule has 0 saturated carbocycles. The van der Waals surface area contributed by atoms with E-state index in [2.05, 4.69) is 20.3 Å². The minimum absolute atomic E-state index is 0.0817. The zero-order chi connectivity index (χ0) is 23.1. The second-order valence-electron chi connectivity index (χ2n) is 7.15. The van der Waals surface area contributed by atoms with E-state index in [0.717, 1.165) is 0 Å². The first kappa shape index (κ1) is 23.0. The summed E-state index contributed by atoms with van der Waals surface area (Å²) in [7, 11) is 1.43. The lowest BCUT2D eigenvalue weighted by Gasteiger charge is -2.18. The molecule has 0 amide bonds. The van der Waals surface area contributed by atoms with Crippen LogP contribution in [0.5, 0.6) is 0 Å². The highest BCUT2D eigenvalue weighted by Crippen LogP contribution is 2.37.